The third kappa shape index (κ3) is 5.81. The predicted molar refractivity (Wildman–Crippen MR) is 141 cm³/mol. The summed E-state index contributed by atoms with van der Waals surface area (Å²) in [6, 6.07) is 9.53. The highest BCUT2D eigenvalue weighted by Gasteiger charge is 2.37. The minimum Gasteiger partial charge on any atom is -0.495 e. The Balaban J connectivity index is 1.39. The highest BCUT2D eigenvalue weighted by atomic mass is 19.4. The van der Waals surface area contributed by atoms with E-state index in [1.807, 2.05) is 31.2 Å². The van der Waals surface area contributed by atoms with Crippen molar-refractivity contribution in [3.05, 3.63) is 70.7 Å². The van der Waals surface area contributed by atoms with Crippen LogP contribution in [-0.2, 0) is 17.3 Å². The zero-order valence-corrected chi connectivity index (χ0v) is 21.9. The van der Waals surface area contributed by atoms with Crippen LogP contribution in [0.3, 0.4) is 0 Å². The van der Waals surface area contributed by atoms with Gasteiger partial charge in [-0.1, -0.05) is 31.2 Å². The molecule has 1 aliphatic carbocycles. The number of halogens is 4. The zero-order chi connectivity index (χ0) is 28.4. The number of methoxy groups -OCH3 is 1. The summed E-state index contributed by atoms with van der Waals surface area (Å²) in [6.07, 6.45) is -2.23. The average Bonchev–Trinajstić information content (AvgIpc) is 3.23. The number of ether oxygens (including phenoxy) is 2. The second-order valence-corrected chi connectivity index (χ2v) is 9.91. The van der Waals surface area contributed by atoms with Crippen LogP contribution >= 0.6 is 0 Å². The van der Waals surface area contributed by atoms with Crippen molar-refractivity contribution in [2.24, 2.45) is 0 Å². The van der Waals surface area contributed by atoms with Crippen molar-refractivity contribution in [2.45, 2.75) is 50.4 Å². The maximum atomic E-state index is 15.0. The number of aromatic nitrogens is 2. The molecule has 1 fully saturated rings. The summed E-state index contributed by atoms with van der Waals surface area (Å²) in [7, 11) is 1.33. The molecule has 0 spiro atoms. The molecule has 0 unspecified atom stereocenters. The van der Waals surface area contributed by atoms with E-state index >= 15 is 4.39 Å². The average molecular weight is 560 g/mol. The molecule has 5 rings (SSSR count). The first kappa shape index (κ1) is 27.6. The first-order valence-corrected chi connectivity index (χ1v) is 13.0. The lowest BCUT2D eigenvalue weighted by Crippen LogP contribution is -2.39. The highest BCUT2D eigenvalue weighted by Crippen LogP contribution is 2.39. The number of hydrogen-bond donors (Lipinski definition) is 3. The Morgan fingerprint density at radius 2 is 1.90 bits per heavy atom. The standard InChI is InChI=1S/C28H29F4N5O3/c1-15-18-6-4-3-5-16(18)11-22(15)35-25-20(28(30,31)32)14-33-27(37-25)36-23-13-21(29)19(12-24(23)39-2)26(38)34-17-7-9-40-10-8-17/h3-6,12-15,17,22H,7-11H2,1-2H3,(H,34,38)(H2,33,35,36,37)/t15-,22-/m1/s1. The summed E-state index contributed by atoms with van der Waals surface area (Å²) < 4.78 is 67.2. The van der Waals surface area contributed by atoms with Gasteiger partial charge in [0.2, 0.25) is 5.95 Å². The fourth-order valence-electron chi connectivity index (χ4n) is 5.13. The molecule has 3 N–H and O–H groups in total. The van der Waals surface area contributed by atoms with E-state index in [9.17, 15) is 18.0 Å². The SMILES string of the molecule is COc1cc(C(=O)NC2CCOCC2)c(F)cc1Nc1ncc(C(F)(F)F)c(N[C@@H]2Cc3ccccc3[C@H]2C)n1. The molecule has 1 saturated heterocycles. The molecule has 12 heteroatoms. The third-order valence-electron chi connectivity index (χ3n) is 7.34. The van der Waals surface area contributed by atoms with E-state index in [0.29, 0.717) is 38.7 Å². The van der Waals surface area contributed by atoms with Crippen molar-refractivity contribution in [1.29, 1.82) is 0 Å². The van der Waals surface area contributed by atoms with Crippen molar-refractivity contribution >= 4 is 23.4 Å². The topological polar surface area (TPSA) is 97.4 Å². The summed E-state index contributed by atoms with van der Waals surface area (Å²) in [4.78, 5) is 20.6. The predicted octanol–water partition coefficient (Wildman–Crippen LogP) is 5.44. The van der Waals surface area contributed by atoms with Gasteiger partial charge in [-0.3, -0.25) is 4.79 Å². The quantitative estimate of drug-likeness (QED) is 0.332. The number of anilines is 3. The van der Waals surface area contributed by atoms with E-state index in [0.717, 1.165) is 17.2 Å². The molecule has 2 atom stereocenters. The van der Waals surface area contributed by atoms with Gasteiger partial charge < -0.3 is 25.4 Å². The van der Waals surface area contributed by atoms with Gasteiger partial charge in [-0.05, 0) is 36.5 Å². The van der Waals surface area contributed by atoms with E-state index in [2.05, 4.69) is 25.9 Å². The van der Waals surface area contributed by atoms with Crippen LogP contribution in [0, 0.1) is 5.82 Å². The first-order chi connectivity index (χ1) is 19.1. The second-order valence-electron chi connectivity index (χ2n) is 9.91. The van der Waals surface area contributed by atoms with Gasteiger partial charge in [-0.2, -0.15) is 18.2 Å². The van der Waals surface area contributed by atoms with Gasteiger partial charge in [-0.25, -0.2) is 9.37 Å². The van der Waals surface area contributed by atoms with Crippen molar-refractivity contribution < 1.29 is 31.8 Å². The fraction of sp³-hybridized carbons (Fsp3) is 0.393. The highest BCUT2D eigenvalue weighted by molar-refractivity contribution is 5.96. The largest absolute Gasteiger partial charge is 0.495 e. The van der Waals surface area contributed by atoms with E-state index < -0.39 is 23.5 Å². The van der Waals surface area contributed by atoms with Crippen LogP contribution in [0.5, 0.6) is 5.75 Å². The van der Waals surface area contributed by atoms with E-state index in [-0.39, 0.29) is 46.8 Å². The van der Waals surface area contributed by atoms with Crippen LogP contribution in [0.4, 0.5) is 35.0 Å². The number of nitrogens with zero attached hydrogens (tertiary/aromatic N) is 2. The summed E-state index contributed by atoms with van der Waals surface area (Å²) in [6.45, 7) is 2.97. The molecule has 3 aromatic rings. The van der Waals surface area contributed by atoms with Crippen LogP contribution < -0.4 is 20.7 Å². The Kier molecular flexibility index (Phi) is 7.79. The number of alkyl halides is 3. The van der Waals surface area contributed by atoms with E-state index in [4.69, 9.17) is 9.47 Å². The van der Waals surface area contributed by atoms with Gasteiger partial charge in [0.25, 0.3) is 5.91 Å². The van der Waals surface area contributed by atoms with Gasteiger partial charge in [0, 0.05) is 43.5 Å². The number of fused-ring (bicyclic) bond motifs is 1. The summed E-state index contributed by atoms with van der Waals surface area (Å²) in [5, 5.41) is 8.50. The fourth-order valence-corrected chi connectivity index (χ4v) is 5.13. The molecular formula is C28H29F4N5O3. The van der Waals surface area contributed by atoms with Crippen LogP contribution in [0.15, 0.2) is 42.6 Å². The molecule has 1 aromatic heterocycles. The molecule has 2 aliphatic rings. The second kappa shape index (κ2) is 11.3. The smallest absolute Gasteiger partial charge is 0.421 e. The Morgan fingerprint density at radius 3 is 2.60 bits per heavy atom. The number of hydrogen-bond acceptors (Lipinski definition) is 7. The van der Waals surface area contributed by atoms with Gasteiger partial charge in [-0.15, -0.1) is 0 Å². The normalized spacial score (nSPS) is 19.1. The van der Waals surface area contributed by atoms with Gasteiger partial charge in [0.1, 0.15) is 22.9 Å². The molecule has 0 radical (unpaired) electrons. The number of carbonyl (C=O) groups is 1. The van der Waals surface area contributed by atoms with Crippen LogP contribution in [0.2, 0.25) is 0 Å². The minimum atomic E-state index is -4.70. The number of amides is 1. The number of nitrogens with one attached hydrogen (secondary N) is 3. The van der Waals surface area contributed by atoms with Crippen molar-refractivity contribution in [3.8, 4) is 5.75 Å². The maximum absolute atomic E-state index is 15.0. The molecule has 40 heavy (non-hydrogen) atoms. The Hall–Kier alpha value is -3.93. The molecule has 212 valence electrons. The molecule has 2 heterocycles. The van der Waals surface area contributed by atoms with Crippen LogP contribution in [-0.4, -0.2) is 48.3 Å². The Bertz CT molecular complexity index is 1390. The summed E-state index contributed by atoms with van der Waals surface area (Å²) in [5.74, 6) is -1.97. The third-order valence-corrected chi connectivity index (χ3v) is 7.34. The Labute approximate surface area is 228 Å². The summed E-state index contributed by atoms with van der Waals surface area (Å²) in [5.41, 5.74) is 0.950. The van der Waals surface area contributed by atoms with E-state index in [1.54, 1.807) is 0 Å². The van der Waals surface area contributed by atoms with Crippen molar-refractivity contribution in [1.82, 2.24) is 15.3 Å². The first-order valence-electron chi connectivity index (χ1n) is 13.0. The lowest BCUT2D eigenvalue weighted by molar-refractivity contribution is -0.137. The van der Waals surface area contributed by atoms with E-state index in [1.165, 1.54) is 13.2 Å². The van der Waals surface area contributed by atoms with Gasteiger partial charge in [0.05, 0.1) is 18.4 Å². The van der Waals surface area contributed by atoms with Gasteiger partial charge >= 0.3 is 6.18 Å². The number of rotatable bonds is 7. The molecule has 1 aliphatic heterocycles. The molecule has 0 saturated carbocycles. The van der Waals surface area contributed by atoms with Gasteiger partial charge in [0.15, 0.2) is 0 Å². The maximum Gasteiger partial charge on any atom is 0.421 e. The monoisotopic (exact) mass is 559 g/mol. The zero-order valence-electron chi connectivity index (χ0n) is 21.9. The molecule has 8 nitrogen and oxygen atoms in total. The number of benzene rings is 2. The molecular weight excluding hydrogens is 530 g/mol. The minimum absolute atomic E-state index is 0.0438. The number of carbonyl (C=O) groups excluding carboxylic acids is 1. The van der Waals surface area contributed by atoms with Crippen LogP contribution in [0.25, 0.3) is 0 Å². The lowest BCUT2D eigenvalue weighted by atomic mass is 10.0. The molecule has 0 bridgehead atoms. The molecule has 2 aromatic carbocycles. The molecule has 1 amide bonds. The van der Waals surface area contributed by atoms with Crippen molar-refractivity contribution in [2.75, 3.05) is 31.0 Å². The van der Waals surface area contributed by atoms with Crippen LogP contribution in [0.1, 0.15) is 52.7 Å². The lowest BCUT2D eigenvalue weighted by Gasteiger charge is -2.23. The summed E-state index contributed by atoms with van der Waals surface area (Å²) >= 11 is 0. The Morgan fingerprint density at radius 1 is 1.15 bits per heavy atom. The van der Waals surface area contributed by atoms with Crippen molar-refractivity contribution in [3.63, 3.8) is 0 Å².